The largest absolute Gasteiger partial charge is 0.395 e. The fraction of sp³-hybridized carbons (Fsp3) is 0.273. The number of thiophene rings is 1. The Hall–Kier alpha value is -0.890. The van der Waals surface area contributed by atoms with Gasteiger partial charge in [0, 0.05) is 18.5 Å². The number of aliphatic hydroxyl groups is 1. The summed E-state index contributed by atoms with van der Waals surface area (Å²) < 4.78 is 0. The van der Waals surface area contributed by atoms with Gasteiger partial charge in [0.25, 0.3) is 5.24 Å². The molecule has 0 aromatic carbocycles. The minimum atomic E-state index is -0.125. The maximum Gasteiger partial charge on any atom is 0.289 e. The fourth-order valence-electron chi connectivity index (χ4n) is 1.44. The van der Waals surface area contributed by atoms with Crippen LogP contribution in [-0.2, 0) is 0 Å². The van der Waals surface area contributed by atoms with E-state index in [1.54, 1.807) is 11.3 Å². The molecule has 0 aliphatic carbocycles. The minimum absolute atomic E-state index is 0.125. The van der Waals surface area contributed by atoms with E-state index in [0.29, 0.717) is 11.5 Å². The van der Waals surface area contributed by atoms with Gasteiger partial charge in [-0.3, -0.25) is 4.79 Å². The zero-order chi connectivity index (χ0) is 13.1. The van der Waals surface area contributed by atoms with Crippen LogP contribution in [0.5, 0.6) is 0 Å². The second kappa shape index (κ2) is 5.83. The molecular formula is C11H12N2O2S3. The van der Waals surface area contributed by atoms with Crippen LogP contribution >= 0.6 is 35.3 Å². The van der Waals surface area contributed by atoms with Crippen LogP contribution in [0.3, 0.4) is 0 Å². The molecule has 1 aromatic heterocycles. The number of aliphatic hydroxyl groups excluding tert-OH is 1. The molecule has 1 aliphatic rings. The van der Waals surface area contributed by atoms with Crippen LogP contribution in [0.2, 0.25) is 0 Å². The van der Waals surface area contributed by atoms with Crippen molar-refractivity contribution in [2.45, 2.75) is 0 Å². The van der Waals surface area contributed by atoms with Gasteiger partial charge < -0.3 is 15.3 Å². The Morgan fingerprint density at radius 1 is 1.56 bits per heavy atom. The first-order chi connectivity index (χ1) is 8.60. The number of thioether (sulfide) groups is 1. The zero-order valence-electron chi connectivity index (χ0n) is 9.67. The number of rotatable bonds is 4. The number of nitrogens with zero attached hydrogens (tertiary/aromatic N) is 1. The molecule has 1 fully saturated rings. The lowest BCUT2D eigenvalue weighted by Gasteiger charge is -2.14. The van der Waals surface area contributed by atoms with Crippen LogP contribution in [0.4, 0.5) is 9.80 Å². The highest BCUT2D eigenvalue weighted by molar-refractivity contribution is 8.19. The highest BCUT2D eigenvalue weighted by Gasteiger charge is 2.21. The van der Waals surface area contributed by atoms with Gasteiger partial charge in [-0.1, -0.05) is 12.2 Å². The van der Waals surface area contributed by atoms with Crippen molar-refractivity contribution >= 4 is 56.6 Å². The molecule has 1 amide bonds. The van der Waals surface area contributed by atoms with Gasteiger partial charge in [-0.05, 0) is 30.0 Å². The van der Waals surface area contributed by atoms with Crippen LogP contribution in [0.1, 0.15) is 4.88 Å². The topological polar surface area (TPSA) is 52.6 Å². The monoisotopic (exact) mass is 300 g/mol. The third kappa shape index (κ3) is 3.11. The molecule has 2 N–H and O–H groups in total. The van der Waals surface area contributed by atoms with Gasteiger partial charge in [-0.2, -0.15) is 0 Å². The Kier molecular flexibility index (Phi) is 4.39. The van der Waals surface area contributed by atoms with E-state index >= 15 is 0 Å². The lowest BCUT2D eigenvalue weighted by molar-refractivity contribution is 0.265. The van der Waals surface area contributed by atoms with Crippen molar-refractivity contribution in [1.29, 1.82) is 0 Å². The molecule has 0 unspecified atom stereocenters. The average molecular weight is 300 g/mol. The van der Waals surface area contributed by atoms with Gasteiger partial charge in [-0.25, -0.2) is 0 Å². The van der Waals surface area contributed by atoms with E-state index in [9.17, 15) is 4.79 Å². The molecule has 96 valence electrons. The second-order valence-corrected chi connectivity index (χ2v) is 6.19. The number of carbonyl (C=O) groups is 1. The Labute approximate surface area is 119 Å². The van der Waals surface area contributed by atoms with Crippen LogP contribution in [0.15, 0.2) is 17.0 Å². The number of hydrogen-bond donors (Lipinski definition) is 2. The first-order valence-electron chi connectivity index (χ1n) is 5.27. The summed E-state index contributed by atoms with van der Waals surface area (Å²) in [6.45, 7) is 0.729. The summed E-state index contributed by atoms with van der Waals surface area (Å²) in [5.74, 6) is 0. The third-order valence-corrected chi connectivity index (χ3v) is 4.77. The number of anilines is 1. The molecule has 0 atom stereocenters. The van der Waals surface area contributed by atoms with Crippen molar-refractivity contribution in [3.63, 3.8) is 0 Å². The molecule has 1 saturated heterocycles. The number of nitrogens with one attached hydrogen (secondary N) is 1. The van der Waals surface area contributed by atoms with E-state index in [2.05, 4.69) is 5.32 Å². The molecule has 7 heteroatoms. The highest BCUT2D eigenvalue weighted by Crippen LogP contribution is 2.31. The molecular weight excluding hydrogens is 288 g/mol. The summed E-state index contributed by atoms with van der Waals surface area (Å²) in [6, 6.07) is 3.97. The SMILES string of the molecule is CN(CCO)c1ccc(/C=C2\SC(=O)NC2=S)s1. The molecule has 2 rings (SSSR count). The molecule has 1 aromatic rings. The normalized spacial score (nSPS) is 17.3. The molecule has 2 heterocycles. The van der Waals surface area contributed by atoms with Crippen molar-refractivity contribution in [3.8, 4) is 0 Å². The van der Waals surface area contributed by atoms with Gasteiger partial charge >= 0.3 is 0 Å². The van der Waals surface area contributed by atoms with E-state index in [4.69, 9.17) is 17.3 Å². The Balaban J connectivity index is 2.13. The van der Waals surface area contributed by atoms with Crippen LogP contribution in [-0.4, -0.2) is 35.5 Å². The maximum atomic E-state index is 11.1. The lowest BCUT2D eigenvalue weighted by atomic mass is 10.4. The summed E-state index contributed by atoms with van der Waals surface area (Å²) in [5, 5.41) is 12.4. The highest BCUT2D eigenvalue weighted by atomic mass is 32.2. The van der Waals surface area contributed by atoms with Gasteiger partial charge in [0.1, 0.15) is 4.99 Å². The third-order valence-electron chi connectivity index (χ3n) is 2.34. The number of hydrogen-bond acceptors (Lipinski definition) is 6. The van der Waals surface area contributed by atoms with Crippen molar-refractivity contribution in [3.05, 3.63) is 21.9 Å². The van der Waals surface area contributed by atoms with E-state index in [1.807, 2.05) is 30.2 Å². The van der Waals surface area contributed by atoms with Crippen LogP contribution < -0.4 is 10.2 Å². The Morgan fingerprint density at radius 2 is 2.33 bits per heavy atom. The standard InChI is InChI=1S/C11H12N2O2S3/c1-13(4-5-14)9-3-2-7(17-9)6-8-10(16)12-11(15)18-8/h2-3,6,14H,4-5H2,1H3,(H,12,15,16)/b8-6-. The van der Waals surface area contributed by atoms with Crippen molar-refractivity contribution in [1.82, 2.24) is 5.32 Å². The number of carbonyl (C=O) groups excluding carboxylic acids is 1. The first kappa shape index (κ1) is 13.5. The van der Waals surface area contributed by atoms with E-state index in [1.165, 1.54) is 0 Å². The van der Waals surface area contributed by atoms with E-state index in [0.717, 1.165) is 26.5 Å². The molecule has 0 spiro atoms. The fourth-order valence-corrected chi connectivity index (χ4v) is 3.47. The predicted octanol–water partition coefficient (Wildman–Crippen LogP) is 2.30. The van der Waals surface area contributed by atoms with Crippen molar-refractivity contribution < 1.29 is 9.90 Å². The van der Waals surface area contributed by atoms with Gasteiger partial charge in [-0.15, -0.1) is 11.3 Å². The Morgan fingerprint density at radius 3 is 2.94 bits per heavy atom. The number of amides is 1. The first-order valence-corrected chi connectivity index (χ1v) is 7.31. The quantitative estimate of drug-likeness (QED) is 0.660. The van der Waals surface area contributed by atoms with Gasteiger partial charge in [0.15, 0.2) is 0 Å². The molecule has 0 radical (unpaired) electrons. The molecule has 0 bridgehead atoms. The average Bonchev–Trinajstić information content (AvgIpc) is 2.88. The smallest absolute Gasteiger partial charge is 0.289 e. The zero-order valence-corrected chi connectivity index (χ0v) is 12.1. The number of likely N-dealkylation sites (N-methyl/N-ethyl adjacent to an activating group) is 1. The maximum absolute atomic E-state index is 11.1. The summed E-state index contributed by atoms with van der Waals surface area (Å²) >= 11 is 7.77. The van der Waals surface area contributed by atoms with Gasteiger partial charge in [0.05, 0.1) is 16.5 Å². The van der Waals surface area contributed by atoms with Crippen molar-refractivity contribution in [2.24, 2.45) is 0 Å². The summed E-state index contributed by atoms with van der Waals surface area (Å²) in [4.78, 5) is 15.4. The Bertz CT molecular complexity index is 510. The summed E-state index contributed by atoms with van der Waals surface area (Å²) in [6.07, 6.45) is 1.91. The second-order valence-electron chi connectivity index (χ2n) is 3.67. The molecule has 18 heavy (non-hydrogen) atoms. The molecule has 0 saturated carbocycles. The van der Waals surface area contributed by atoms with Crippen LogP contribution in [0.25, 0.3) is 6.08 Å². The number of thiocarbonyl (C=S) groups is 1. The van der Waals surface area contributed by atoms with E-state index in [-0.39, 0.29) is 11.8 Å². The van der Waals surface area contributed by atoms with Gasteiger partial charge in [0.2, 0.25) is 0 Å². The van der Waals surface area contributed by atoms with Crippen molar-refractivity contribution in [2.75, 3.05) is 25.1 Å². The predicted molar refractivity (Wildman–Crippen MR) is 81.4 cm³/mol. The van der Waals surface area contributed by atoms with E-state index < -0.39 is 0 Å². The van der Waals surface area contributed by atoms with Crippen LogP contribution in [0, 0.1) is 0 Å². The molecule has 4 nitrogen and oxygen atoms in total. The lowest BCUT2D eigenvalue weighted by Crippen LogP contribution is -2.19. The molecule has 1 aliphatic heterocycles. The summed E-state index contributed by atoms with van der Waals surface area (Å²) in [7, 11) is 1.93. The minimum Gasteiger partial charge on any atom is -0.395 e. The summed E-state index contributed by atoms with van der Waals surface area (Å²) in [5.41, 5.74) is 0.